The predicted octanol–water partition coefficient (Wildman–Crippen LogP) is 8.50. The maximum absolute atomic E-state index is 12.7. The molecular weight excluding hydrogens is 689 g/mol. The first kappa shape index (κ1) is 34.6. The largest absolute Gasteiger partial charge is 0.423 e. The van der Waals surface area contributed by atoms with Crippen molar-refractivity contribution in [3.05, 3.63) is 164 Å². The summed E-state index contributed by atoms with van der Waals surface area (Å²) in [6.07, 6.45) is 3.96. The summed E-state index contributed by atoms with van der Waals surface area (Å²) in [5.74, 6) is -1.84. The van der Waals surface area contributed by atoms with Crippen molar-refractivity contribution in [1.82, 2.24) is 5.43 Å². The lowest BCUT2D eigenvalue weighted by atomic mass is 10.1. The minimum Gasteiger partial charge on any atom is -0.423 e. The highest BCUT2D eigenvalue weighted by Crippen LogP contribution is 2.25. The second kappa shape index (κ2) is 16.4. The van der Waals surface area contributed by atoms with Crippen LogP contribution >= 0.6 is 34.8 Å². The molecule has 5 aromatic carbocycles. The van der Waals surface area contributed by atoms with Gasteiger partial charge in [-0.2, -0.15) is 5.10 Å². The van der Waals surface area contributed by atoms with Gasteiger partial charge in [-0.3, -0.25) is 9.59 Å². The van der Waals surface area contributed by atoms with Crippen LogP contribution in [0.2, 0.25) is 15.1 Å². The molecule has 2 N–H and O–H groups in total. The molecule has 49 heavy (non-hydrogen) atoms. The summed E-state index contributed by atoms with van der Waals surface area (Å²) < 4.78 is 11.0. The number of hydrogen-bond acceptors (Lipinski definition) is 7. The molecule has 0 aliphatic heterocycles. The van der Waals surface area contributed by atoms with Crippen LogP contribution in [0.4, 0.5) is 5.69 Å². The van der Waals surface area contributed by atoms with E-state index >= 15 is 0 Å². The highest BCUT2D eigenvalue weighted by atomic mass is 35.5. The quantitative estimate of drug-likeness (QED) is 0.0492. The van der Waals surface area contributed by atoms with Crippen LogP contribution in [0, 0.1) is 0 Å². The number of rotatable bonds is 10. The molecule has 0 aromatic heterocycles. The van der Waals surface area contributed by atoms with Crippen molar-refractivity contribution < 1.29 is 28.7 Å². The molecule has 0 radical (unpaired) electrons. The Kier molecular flexibility index (Phi) is 11.6. The van der Waals surface area contributed by atoms with Crippen LogP contribution in [-0.2, 0) is 4.79 Å². The molecule has 0 fully saturated rings. The van der Waals surface area contributed by atoms with E-state index in [9.17, 15) is 19.2 Å². The first-order valence-electron chi connectivity index (χ1n) is 14.4. The van der Waals surface area contributed by atoms with E-state index in [0.717, 1.165) is 0 Å². The van der Waals surface area contributed by atoms with E-state index < -0.39 is 17.8 Å². The highest BCUT2D eigenvalue weighted by molar-refractivity contribution is 6.36. The van der Waals surface area contributed by atoms with Crippen LogP contribution in [0.15, 0.2) is 126 Å². The van der Waals surface area contributed by atoms with Crippen LogP contribution in [0.3, 0.4) is 0 Å². The van der Waals surface area contributed by atoms with Crippen molar-refractivity contribution in [2.24, 2.45) is 5.10 Å². The number of anilines is 1. The van der Waals surface area contributed by atoms with E-state index in [1.807, 2.05) is 0 Å². The molecule has 244 valence electrons. The van der Waals surface area contributed by atoms with Gasteiger partial charge in [0, 0.05) is 44.1 Å². The number of carbonyl (C=O) groups excluding carboxylic acids is 4. The summed E-state index contributed by atoms with van der Waals surface area (Å²) >= 11 is 17.9. The zero-order valence-electron chi connectivity index (χ0n) is 25.2. The normalized spacial score (nSPS) is 10.9. The lowest BCUT2D eigenvalue weighted by Crippen LogP contribution is -2.18. The van der Waals surface area contributed by atoms with Gasteiger partial charge in [-0.25, -0.2) is 15.0 Å². The number of nitrogens with one attached hydrogen (secondary N) is 2. The Labute approximate surface area is 295 Å². The number of halogens is 3. The van der Waals surface area contributed by atoms with Crippen molar-refractivity contribution >= 4 is 76.5 Å². The van der Waals surface area contributed by atoms with Gasteiger partial charge in [0.1, 0.15) is 11.5 Å². The van der Waals surface area contributed by atoms with Gasteiger partial charge in [-0.15, -0.1) is 0 Å². The molecule has 9 nitrogen and oxygen atoms in total. The average molecular weight is 713 g/mol. The van der Waals surface area contributed by atoms with E-state index in [-0.39, 0.29) is 28.0 Å². The molecule has 0 unspecified atom stereocenters. The zero-order valence-corrected chi connectivity index (χ0v) is 27.5. The molecule has 0 heterocycles. The third kappa shape index (κ3) is 9.65. The number of nitrogens with zero attached hydrogens (tertiary/aromatic N) is 1. The number of ether oxygens (including phenoxy) is 2. The first-order valence-corrected chi connectivity index (χ1v) is 15.6. The number of hydrogen-bond donors (Lipinski definition) is 2. The number of hydrazone groups is 1. The Balaban J connectivity index is 1.17. The third-order valence-corrected chi connectivity index (χ3v) is 7.48. The Bertz CT molecular complexity index is 2080. The Morgan fingerprint density at radius 2 is 1.22 bits per heavy atom. The fraction of sp³-hybridized carbons (Fsp3) is 0. The van der Waals surface area contributed by atoms with Gasteiger partial charge in [-0.05, 0) is 91.0 Å². The third-order valence-electron chi connectivity index (χ3n) is 6.68. The highest BCUT2D eigenvalue weighted by Gasteiger charge is 2.15. The second-order valence-electron chi connectivity index (χ2n) is 10.1. The van der Waals surface area contributed by atoms with Crippen LogP contribution in [0.25, 0.3) is 6.08 Å². The fourth-order valence-corrected chi connectivity index (χ4v) is 4.85. The van der Waals surface area contributed by atoms with Crippen LogP contribution < -0.4 is 20.2 Å². The molecule has 0 saturated carbocycles. The van der Waals surface area contributed by atoms with Gasteiger partial charge in [-0.1, -0.05) is 65.1 Å². The van der Waals surface area contributed by atoms with Gasteiger partial charge in [0.15, 0.2) is 0 Å². The molecule has 5 rings (SSSR count). The fourth-order valence-electron chi connectivity index (χ4n) is 4.24. The Hall–Kier alpha value is -5.74. The molecule has 0 atom stereocenters. The summed E-state index contributed by atoms with van der Waals surface area (Å²) in [6.45, 7) is 0. The molecule has 2 amide bonds. The summed E-state index contributed by atoms with van der Waals surface area (Å²) in [5, 5.41) is 7.79. The molecule has 0 saturated heterocycles. The van der Waals surface area contributed by atoms with Crippen molar-refractivity contribution in [2.75, 3.05) is 5.32 Å². The first-order chi connectivity index (χ1) is 23.7. The summed E-state index contributed by atoms with van der Waals surface area (Å²) in [4.78, 5) is 50.5. The van der Waals surface area contributed by atoms with Gasteiger partial charge >= 0.3 is 11.9 Å². The minimum atomic E-state index is -0.713. The van der Waals surface area contributed by atoms with Gasteiger partial charge < -0.3 is 14.8 Å². The molecule has 0 bridgehead atoms. The predicted molar refractivity (Wildman–Crippen MR) is 190 cm³/mol. The van der Waals surface area contributed by atoms with E-state index in [1.54, 1.807) is 84.9 Å². The zero-order chi connectivity index (χ0) is 34.8. The van der Waals surface area contributed by atoms with Gasteiger partial charge in [0.25, 0.3) is 11.8 Å². The molecule has 0 aliphatic carbocycles. The maximum Gasteiger partial charge on any atom is 0.345 e. The summed E-state index contributed by atoms with van der Waals surface area (Å²) in [7, 11) is 0. The number of amides is 2. The smallest absolute Gasteiger partial charge is 0.345 e. The van der Waals surface area contributed by atoms with E-state index in [4.69, 9.17) is 44.3 Å². The van der Waals surface area contributed by atoms with Crippen LogP contribution in [0.5, 0.6) is 11.5 Å². The SMILES string of the molecule is O=C(/C=C/c1ccccc1OC(=O)c1ccc(Cl)cc1Cl)Oc1ccccc1/C=N/NC(=O)c1ccc(NC(=O)c2ccc(Cl)cc2)cc1. The number of esters is 2. The van der Waals surface area contributed by atoms with E-state index in [0.29, 0.717) is 38.0 Å². The van der Waals surface area contributed by atoms with Crippen LogP contribution in [-0.4, -0.2) is 30.0 Å². The van der Waals surface area contributed by atoms with Crippen molar-refractivity contribution in [3.63, 3.8) is 0 Å². The number of para-hydroxylation sites is 2. The lowest BCUT2D eigenvalue weighted by Gasteiger charge is -2.09. The topological polar surface area (TPSA) is 123 Å². The molecule has 0 spiro atoms. The van der Waals surface area contributed by atoms with Crippen molar-refractivity contribution in [1.29, 1.82) is 0 Å². The molecule has 0 aliphatic rings. The molecule has 5 aromatic rings. The second-order valence-corrected chi connectivity index (χ2v) is 11.4. The monoisotopic (exact) mass is 711 g/mol. The molecular formula is C37H24Cl3N3O6. The maximum atomic E-state index is 12.7. The number of carbonyl (C=O) groups is 4. The Morgan fingerprint density at radius 1 is 0.633 bits per heavy atom. The van der Waals surface area contributed by atoms with E-state index in [2.05, 4.69) is 15.8 Å². The summed E-state index contributed by atoms with van der Waals surface area (Å²) in [6, 6.07) is 30.3. The molecule has 12 heteroatoms. The Morgan fingerprint density at radius 3 is 1.92 bits per heavy atom. The summed E-state index contributed by atoms with van der Waals surface area (Å²) in [5.41, 5.74) is 4.65. The van der Waals surface area contributed by atoms with Gasteiger partial charge in [0.05, 0.1) is 16.8 Å². The van der Waals surface area contributed by atoms with Crippen molar-refractivity contribution in [2.45, 2.75) is 0 Å². The van der Waals surface area contributed by atoms with Crippen molar-refractivity contribution in [3.8, 4) is 11.5 Å². The average Bonchev–Trinajstić information content (AvgIpc) is 3.09. The lowest BCUT2D eigenvalue weighted by molar-refractivity contribution is -0.128. The van der Waals surface area contributed by atoms with Gasteiger partial charge in [0.2, 0.25) is 0 Å². The van der Waals surface area contributed by atoms with Crippen LogP contribution in [0.1, 0.15) is 42.2 Å². The minimum absolute atomic E-state index is 0.132. The van der Waals surface area contributed by atoms with E-state index in [1.165, 1.54) is 48.7 Å². The standard InChI is InChI=1S/C37H24Cl3N3O6/c38-27-14-9-24(10-15-27)35(45)42-29-17-11-25(12-18-29)36(46)43-41-22-26-6-2-4-8-33(26)48-34(44)20-13-23-5-1-3-7-32(23)49-37(47)30-19-16-28(39)21-31(30)40/h1-22H,(H,42,45)(H,43,46)/b20-13+,41-22+. The number of benzene rings is 5.